The number of hydrogen-bond acceptors (Lipinski definition) is 2. The third kappa shape index (κ3) is 4.06. The Kier molecular flexibility index (Phi) is 4.45. The Hall–Kier alpha value is -1.00. The molecule has 0 amide bonds. The van der Waals surface area contributed by atoms with Gasteiger partial charge in [-0.3, -0.25) is 0 Å². The summed E-state index contributed by atoms with van der Waals surface area (Å²) in [7, 11) is 0. The standard InChI is InChI=1S/C13H17F2NO/c14-12-5-11(6-13(15)7-12)8-16-3-1-10-2-4-17-9-10/h5-7,10,16H,1-4,8-9H2. The van der Waals surface area contributed by atoms with Gasteiger partial charge < -0.3 is 10.1 Å². The van der Waals surface area contributed by atoms with E-state index in [1.807, 2.05) is 0 Å². The van der Waals surface area contributed by atoms with Crippen LogP contribution in [0.4, 0.5) is 8.78 Å². The van der Waals surface area contributed by atoms with Crippen molar-refractivity contribution in [2.75, 3.05) is 19.8 Å². The second-order valence-electron chi connectivity index (χ2n) is 4.47. The number of nitrogens with one attached hydrogen (secondary N) is 1. The van der Waals surface area contributed by atoms with E-state index in [9.17, 15) is 8.78 Å². The van der Waals surface area contributed by atoms with E-state index in [4.69, 9.17) is 4.74 Å². The highest BCUT2D eigenvalue weighted by atomic mass is 19.1. The Labute approximate surface area is 100.0 Å². The minimum absolute atomic E-state index is 0.502. The molecule has 0 aromatic heterocycles. The third-order valence-corrected chi connectivity index (χ3v) is 3.00. The van der Waals surface area contributed by atoms with E-state index in [1.54, 1.807) is 0 Å². The number of halogens is 2. The van der Waals surface area contributed by atoms with Crippen LogP contribution in [0.3, 0.4) is 0 Å². The van der Waals surface area contributed by atoms with Crippen LogP contribution in [0.5, 0.6) is 0 Å². The van der Waals surface area contributed by atoms with Gasteiger partial charge in [-0.1, -0.05) is 0 Å². The van der Waals surface area contributed by atoms with Crippen LogP contribution in [-0.2, 0) is 11.3 Å². The molecule has 1 aromatic carbocycles. The quantitative estimate of drug-likeness (QED) is 0.800. The maximum Gasteiger partial charge on any atom is 0.126 e. The van der Waals surface area contributed by atoms with Crippen LogP contribution >= 0.6 is 0 Å². The van der Waals surface area contributed by atoms with Gasteiger partial charge in [0.15, 0.2) is 0 Å². The molecule has 1 N–H and O–H groups in total. The van der Waals surface area contributed by atoms with E-state index in [0.717, 1.165) is 38.7 Å². The topological polar surface area (TPSA) is 21.3 Å². The fraction of sp³-hybridized carbons (Fsp3) is 0.538. The van der Waals surface area contributed by atoms with E-state index in [-0.39, 0.29) is 0 Å². The van der Waals surface area contributed by atoms with Gasteiger partial charge >= 0.3 is 0 Å². The molecule has 0 aliphatic carbocycles. The molecule has 0 bridgehead atoms. The molecule has 0 spiro atoms. The van der Waals surface area contributed by atoms with Gasteiger partial charge in [-0.05, 0) is 43.0 Å². The van der Waals surface area contributed by atoms with E-state index >= 15 is 0 Å². The molecule has 1 heterocycles. The molecular weight excluding hydrogens is 224 g/mol. The smallest absolute Gasteiger partial charge is 0.126 e. The van der Waals surface area contributed by atoms with Crippen LogP contribution in [0.2, 0.25) is 0 Å². The fourth-order valence-corrected chi connectivity index (χ4v) is 2.06. The van der Waals surface area contributed by atoms with Crippen molar-refractivity contribution in [2.24, 2.45) is 5.92 Å². The summed E-state index contributed by atoms with van der Waals surface area (Å²) in [4.78, 5) is 0. The summed E-state index contributed by atoms with van der Waals surface area (Å²) in [5.74, 6) is -0.413. The summed E-state index contributed by atoms with van der Waals surface area (Å²) in [5, 5.41) is 3.19. The van der Waals surface area contributed by atoms with Crippen molar-refractivity contribution >= 4 is 0 Å². The van der Waals surface area contributed by atoms with E-state index < -0.39 is 11.6 Å². The molecule has 1 saturated heterocycles. The average molecular weight is 241 g/mol. The van der Waals surface area contributed by atoms with Crippen LogP contribution in [0.25, 0.3) is 0 Å². The molecule has 1 aliphatic rings. The minimum Gasteiger partial charge on any atom is -0.381 e. The molecule has 2 rings (SSSR count). The van der Waals surface area contributed by atoms with Crippen LogP contribution < -0.4 is 5.32 Å². The number of ether oxygens (including phenoxy) is 1. The Bertz CT molecular complexity index is 344. The van der Waals surface area contributed by atoms with Crippen molar-refractivity contribution in [1.82, 2.24) is 5.32 Å². The lowest BCUT2D eigenvalue weighted by Crippen LogP contribution is -2.18. The van der Waals surface area contributed by atoms with Crippen molar-refractivity contribution in [3.63, 3.8) is 0 Å². The average Bonchev–Trinajstić information content (AvgIpc) is 2.76. The van der Waals surface area contributed by atoms with Crippen LogP contribution in [0, 0.1) is 17.6 Å². The lowest BCUT2D eigenvalue weighted by atomic mass is 10.1. The molecule has 4 heteroatoms. The Morgan fingerprint density at radius 1 is 1.24 bits per heavy atom. The molecule has 2 nitrogen and oxygen atoms in total. The normalized spacial score (nSPS) is 19.8. The molecule has 0 saturated carbocycles. The predicted molar refractivity (Wildman–Crippen MR) is 61.6 cm³/mol. The van der Waals surface area contributed by atoms with Crippen LogP contribution in [-0.4, -0.2) is 19.8 Å². The molecular formula is C13H17F2NO. The number of hydrogen-bond donors (Lipinski definition) is 1. The molecule has 1 unspecified atom stereocenters. The summed E-state index contributed by atoms with van der Waals surface area (Å²) < 4.78 is 31.1. The molecule has 1 fully saturated rings. The van der Waals surface area contributed by atoms with E-state index in [1.165, 1.54) is 12.1 Å². The maximum atomic E-state index is 12.9. The number of rotatable bonds is 5. The van der Waals surface area contributed by atoms with E-state index in [2.05, 4.69) is 5.32 Å². The second kappa shape index (κ2) is 6.07. The summed E-state index contributed by atoms with van der Waals surface area (Å²) in [6, 6.07) is 3.60. The zero-order valence-corrected chi connectivity index (χ0v) is 9.72. The molecule has 0 radical (unpaired) electrons. The highest BCUT2D eigenvalue weighted by Crippen LogP contribution is 2.15. The van der Waals surface area contributed by atoms with Crippen molar-refractivity contribution in [3.05, 3.63) is 35.4 Å². The summed E-state index contributed by atoms with van der Waals surface area (Å²) >= 11 is 0. The number of benzene rings is 1. The fourth-order valence-electron chi connectivity index (χ4n) is 2.06. The summed E-state index contributed by atoms with van der Waals surface area (Å²) in [5.41, 5.74) is 0.644. The first-order chi connectivity index (χ1) is 8.24. The van der Waals surface area contributed by atoms with Gasteiger partial charge in [0.05, 0.1) is 0 Å². The van der Waals surface area contributed by atoms with Crippen molar-refractivity contribution in [2.45, 2.75) is 19.4 Å². The first kappa shape index (κ1) is 12.5. The highest BCUT2D eigenvalue weighted by molar-refractivity contribution is 5.17. The maximum absolute atomic E-state index is 12.9. The Morgan fingerprint density at radius 2 is 2.00 bits per heavy atom. The van der Waals surface area contributed by atoms with Gasteiger partial charge in [-0.25, -0.2) is 8.78 Å². The lowest BCUT2D eigenvalue weighted by Gasteiger charge is -2.08. The predicted octanol–water partition coefficient (Wildman–Crippen LogP) is 2.48. The first-order valence-electron chi connectivity index (χ1n) is 5.97. The molecule has 1 aromatic rings. The Morgan fingerprint density at radius 3 is 2.65 bits per heavy atom. The minimum atomic E-state index is -0.522. The lowest BCUT2D eigenvalue weighted by molar-refractivity contribution is 0.184. The molecule has 1 atom stereocenters. The largest absolute Gasteiger partial charge is 0.381 e. The van der Waals surface area contributed by atoms with Crippen molar-refractivity contribution in [1.29, 1.82) is 0 Å². The molecule has 94 valence electrons. The first-order valence-corrected chi connectivity index (χ1v) is 5.97. The zero-order valence-electron chi connectivity index (χ0n) is 9.72. The molecule has 17 heavy (non-hydrogen) atoms. The van der Waals surface area contributed by atoms with Gasteiger partial charge in [0, 0.05) is 25.8 Å². The highest BCUT2D eigenvalue weighted by Gasteiger charge is 2.14. The van der Waals surface area contributed by atoms with Gasteiger partial charge in [0.25, 0.3) is 0 Å². The van der Waals surface area contributed by atoms with Gasteiger partial charge in [0.1, 0.15) is 11.6 Å². The molecule has 1 aliphatic heterocycles. The SMILES string of the molecule is Fc1cc(F)cc(CNCCC2CCOC2)c1. The monoisotopic (exact) mass is 241 g/mol. The Balaban J connectivity index is 1.70. The van der Waals surface area contributed by atoms with Gasteiger partial charge in [0.2, 0.25) is 0 Å². The van der Waals surface area contributed by atoms with Gasteiger partial charge in [-0.2, -0.15) is 0 Å². The van der Waals surface area contributed by atoms with Crippen LogP contribution in [0.1, 0.15) is 18.4 Å². The summed E-state index contributed by atoms with van der Waals surface area (Å²) in [6.07, 6.45) is 2.17. The third-order valence-electron chi connectivity index (χ3n) is 3.00. The van der Waals surface area contributed by atoms with Crippen molar-refractivity contribution < 1.29 is 13.5 Å². The van der Waals surface area contributed by atoms with E-state index in [0.29, 0.717) is 18.0 Å². The second-order valence-corrected chi connectivity index (χ2v) is 4.47. The summed E-state index contributed by atoms with van der Waals surface area (Å²) in [6.45, 7) is 3.06. The zero-order chi connectivity index (χ0) is 12.1. The van der Waals surface area contributed by atoms with Crippen LogP contribution in [0.15, 0.2) is 18.2 Å². The van der Waals surface area contributed by atoms with Crippen molar-refractivity contribution in [3.8, 4) is 0 Å². The van der Waals surface area contributed by atoms with Gasteiger partial charge in [-0.15, -0.1) is 0 Å².